The predicted octanol–water partition coefficient (Wildman–Crippen LogP) is 3.54. The van der Waals surface area contributed by atoms with Gasteiger partial charge in [0.05, 0.1) is 28.0 Å². The van der Waals surface area contributed by atoms with Crippen LogP contribution in [0.3, 0.4) is 0 Å². The van der Waals surface area contributed by atoms with Crippen molar-refractivity contribution in [3.05, 3.63) is 53.7 Å². The second-order valence-electron chi connectivity index (χ2n) is 8.96. The molecule has 9 nitrogen and oxygen atoms in total. The van der Waals surface area contributed by atoms with E-state index in [9.17, 15) is 9.59 Å². The number of anilines is 1. The van der Waals surface area contributed by atoms with Crippen LogP contribution in [0.5, 0.6) is 0 Å². The van der Waals surface area contributed by atoms with Crippen LogP contribution in [-0.2, 0) is 4.79 Å². The number of hydrogen-bond donors (Lipinski definition) is 2. The molecule has 0 aliphatic carbocycles. The zero-order valence-electron chi connectivity index (χ0n) is 20.3. The first-order chi connectivity index (χ1) is 17.5. The molecule has 1 saturated heterocycles. The van der Waals surface area contributed by atoms with Gasteiger partial charge >= 0.3 is 0 Å². The van der Waals surface area contributed by atoms with Crippen molar-refractivity contribution < 1.29 is 9.59 Å². The van der Waals surface area contributed by atoms with Crippen molar-refractivity contribution >= 4 is 34.5 Å². The van der Waals surface area contributed by atoms with E-state index in [0.29, 0.717) is 42.1 Å². The van der Waals surface area contributed by atoms with Crippen LogP contribution in [-0.4, -0.2) is 56.9 Å². The van der Waals surface area contributed by atoms with E-state index in [1.165, 1.54) is 0 Å². The SMILES string of the molecule is CCC(N)CCC(=O)c1cc(-c2cnn3ccc(-c4cccs4)nc23)nc(N2CC[C@H]2C(=O)NC)c1. The molecule has 1 unspecified atom stereocenters. The monoisotopic (exact) mass is 503 g/mol. The molecule has 0 spiro atoms. The van der Waals surface area contributed by atoms with Crippen molar-refractivity contribution in [2.45, 2.75) is 44.7 Å². The molecule has 0 saturated carbocycles. The molecule has 10 heteroatoms. The van der Waals surface area contributed by atoms with Gasteiger partial charge in [0, 0.05) is 37.8 Å². The van der Waals surface area contributed by atoms with Crippen LogP contribution < -0.4 is 16.0 Å². The molecule has 1 fully saturated rings. The number of fused-ring (bicyclic) bond motifs is 1. The zero-order valence-corrected chi connectivity index (χ0v) is 21.2. The van der Waals surface area contributed by atoms with Crippen molar-refractivity contribution in [2.24, 2.45) is 5.73 Å². The van der Waals surface area contributed by atoms with Gasteiger partial charge in [-0.15, -0.1) is 11.3 Å². The Labute approximate surface area is 213 Å². The van der Waals surface area contributed by atoms with Crippen molar-refractivity contribution in [1.29, 1.82) is 0 Å². The molecule has 4 aromatic rings. The fourth-order valence-electron chi connectivity index (χ4n) is 4.34. The van der Waals surface area contributed by atoms with E-state index in [1.54, 1.807) is 41.2 Å². The first-order valence-electron chi connectivity index (χ1n) is 12.2. The highest BCUT2D eigenvalue weighted by Crippen LogP contribution is 2.32. The second-order valence-corrected chi connectivity index (χ2v) is 9.91. The summed E-state index contributed by atoms with van der Waals surface area (Å²) in [6.45, 7) is 2.71. The lowest BCUT2D eigenvalue weighted by atomic mass is 9.99. The Morgan fingerprint density at radius 2 is 2.11 bits per heavy atom. The lowest BCUT2D eigenvalue weighted by Crippen LogP contribution is -2.56. The topological polar surface area (TPSA) is 119 Å². The molecule has 36 heavy (non-hydrogen) atoms. The quantitative estimate of drug-likeness (QED) is 0.335. The number of ketones is 1. The minimum Gasteiger partial charge on any atom is -0.357 e. The number of likely N-dealkylation sites (N-methyl/N-ethyl adjacent to an activating group) is 1. The van der Waals surface area contributed by atoms with Crippen molar-refractivity contribution in [3.8, 4) is 21.8 Å². The first-order valence-corrected chi connectivity index (χ1v) is 13.0. The van der Waals surface area contributed by atoms with Crippen LogP contribution in [0.1, 0.15) is 43.0 Å². The van der Waals surface area contributed by atoms with Gasteiger partial charge in [-0.25, -0.2) is 14.5 Å². The van der Waals surface area contributed by atoms with E-state index < -0.39 is 0 Å². The Morgan fingerprint density at radius 3 is 2.81 bits per heavy atom. The minimum absolute atomic E-state index is 0.00419. The third kappa shape index (κ3) is 4.61. The fourth-order valence-corrected chi connectivity index (χ4v) is 5.03. The molecule has 0 bridgehead atoms. The maximum absolute atomic E-state index is 13.2. The number of nitrogens with two attached hydrogens (primary N) is 1. The van der Waals surface area contributed by atoms with E-state index in [-0.39, 0.29) is 23.8 Å². The third-order valence-corrected chi connectivity index (χ3v) is 7.57. The molecule has 0 radical (unpaired) electrons. The molecule has 1 amide bonds. The smallest absolute Gasteiger partial charge is 0.242 e. The van der Waals surface area contributed by atoms with Crippen LogP contribution in [0.4, 0.5) is 5.82 Å². The summed E-state index contributed by atoms with van der Waals surface area (Å²) in [4.78, 5) is 38.3. The summed E-state index contributed by atoms with van der Waals surface area (Å²) in [5, 5.41) is 9.20. The van der Waals surface area contributed by atoms with Gasteiger partial charge in [-0.1, -0.05) is 13.0 Å². The lowest BCUT2D eigenvalue weighted by molar-refractivity contribution is -0.123. The Kier molecular flexibility index (Phi) is 6.80. The second kappa shape index (κ2) is 10.2. The molecule has 3 N–H and O–H groups in total. The van der Waals surface area contributed by atoms with Gasteiger partial charge in [-0.3, -0.25) is 9.59 Å². The number of carbonyl (C=O) groups excluding carboxylic acids is 2. The summed E-state index contributed by atoms with van der Waals surface area (Å²) >= 11 is 1.62. The Hall–Kier alpha value is -3.63. The summed E-state index contributed by atoms with van der Waals surface area (Å²) in [6, 6.07) is 9.22. The number of hydrogen-bond acceptors (Lipinski definition) is 8. The number of amides is 1. The van der Waals surface area contributed by atoms with Gasteiger partial charge in [-0.05, 0) is 48.9 Å². The molecular weight excluding hydrogens is 474 g/mol. The van der Waals surface area contributed by atoms with Gasteiger partial charge in [0.15, 0.2) is 11.4 Å². The van der Waals surface area contributed by atoms with Gasteiger partial charge in [-0.2, -0.15) is 5.10 Å². The number of carbonyl (C=O) groups is 2. The molecular formula is C26H29N7O2S. The lowest BCUT2D eigenvalue weighted by Gasteiger charge is -2.40. The van der Waals surface area contributed by atoms with Crippen LogP contribution in [0.2, 0.25) is 0 Å². The van der Waals surface area contributed by atoms with Crippen LogP contribution in [0.15, 0.2) is 48.1 Å². The highest BCUT2D eigenvalue weighted by molar-refractivity contribution is 7.13. The van der Waals surface area contributed by atoms with E-state index in [4.69, 9.17) is 15.7 Å². The molecule has 2 atom stereocenters. The van der Waals surface area contributed by atoms with Crippen molar-refractivity contribution in [2.75, 3.05) is 18.5 Å². The average Bonchev–Trinajstić information content (AvgIpc) is 3.56. The molecule has 1 aliphatic heterocycles. The van der Waals surface area contributed by atoms with Crippen LogP contribution in [0, 0.1) is 0 Å². The molecule has 5 rings (SSSR count). The normalized spacial score (nSPS) is 16.1. The molecule has 186 valence electrons. The summed E-state index contributed by atoms with van der Waals surface area (Å²) < 4.78 is 1.71. The fraction of sp³-hybridized carbons (Fsp3) is 0.346. The zero-order chi connectivity index (χ0) is 25.2. The van der Waals surface area contributed by atoms with Crippen molar-refractivity contribution in [1.82, 2.24) is 24.9 Å². The maximum atomic E-state index is 13.2. The Bertz CT molecular complexity index is 1400. The maximum Gasteiger partial charge on any atom is 0.242 e. The number of nitrogens with one attached hydrogen (secondary N) is 1. The molecule has 4 aromatic heterocycles. The van der Waals surface area contributed by atoms with Gasteiger partial charge in [0.25, 0.3) is 0 Å². The number of aromatic nitrogens is 4. The number of Topliss-reactive ketones (excluding diaryl/α,β-unsaturated/α-hetero) is 1. The molecule has 5 heterocycles. The minimum atomic E-state index is -0.304. The van der Waals surface area contributed by atoms with Gasteiger partial charge in [0.1, 0.15) is 11.9 Å². The standard InChI is InChI=1S/C26H29N7O2S/c1-3-17(27)6-7-22(34)16-13-20(30-24(14-16)32-10-9-21(32)26(35)28-2)18-15-29-33-11-8-19(31-25(18)33)23-5-4-12-36-23/h4-5,8,11-15,17,21H,3,6-7,9-10,27H2,1-2H3,(H,28,35)/t17?,21-/m0/s1. The van der Waals surface area contributed by atoms with E-state index in [0.717, 1.165) is 29.0 Å². The van der Waals surface area contributed by atoms with Gasteiger partial charge in [0.2, 0.25) is 5.91 Å². The third-order valence-electron chi connectivity index (χ3n) is 6.68. The molecule has 1 aliphatic rings. The molecule has 0 aromatic carbocycles. The predicted molar refractivity (Wildman–Crippen MR) is 141 cm³/mol. The first kappa shape index (κ1) is 24.1. The average molecular weight is 504 g/mol. The number of pyridine rings is 1. The summed E-state index contributed by atoms with van der Waals surface area (Å²) in [5.41, 5.74) is 9.45. The summed E-state index contributed by atoms with van der Waals surface area (Å²) in [7, 11) is 1.63. The highest BCUT2D eigenvalue weighted by Gasteiger charge is 2.35. The largest absolute Gasteiger partial charge is 0.357 e. The van der Waals surface area contributed by atoms with Crippen molar-refractivity contribution in [3.63, 3.8) is 0 Å². The Morgan fingerprint density at radius 1 is 1.25 bits per heavy atom. The number of rotatable bonds is 9. The van der Waals surface area contributed by atoms with Crippen LogP contribution in [0.25, 0.3) is 27.5 Å². The summed E-state index contributed by atoms with van der Waals surface area (Å²) in [6.07, 6.45) is 6.13. The van der Waals surface area contributed by atoms with E-state index in [2.05, 4.69) is 10.4 Å². The Balaban J connectivity index is 1.57. The van der Waals surface area contributed by atoms with E-state index >= 15 is 0 Å². The number of nitrogens with zero attached hydrogens (tertiary/aromatic N) is 5. The number of thiophene rings is 1. The van der Waals surface area contributed by atoms with E-state index in [1.807, 2.05) is 41.6 Å². The van der Waals surface area contributed by atoms with Gasteiger partial charge < -0.3 is 16.0 Å². The van der Waals surface area contributed by atoms with Crippen LogP contribution >= 0.6 is 11.3 Å². The summed E-state index contributed by atoms with van der Waals surface area (Å²) in [5.74, 6) is 0.544. The highest BCUT2D eigenvalue weighted by atomic mass is 32.1.